The standard InChI is InChI=1S/C22H30O4/c1-4-7-9-10-14-18(6-3)26-22(24)20-16-12-11-15-19(20)21(23)25-17-13-8-5-2/h11-12,15-16,18H,4-8,13-14,17H2,1-3H3. The molecule has 0 fully saturated rings. The minimum atomic E-state index is -0.504. The van der Waals surface area contributed by atoms with Gasteiger partial charge in [0.15, 0.2) is 0 Å². The second kappa shape index (κ2) is 13.0. The number of ether oxygens (including phenoxy) is 2. The molecule has 1 rings (SSSR count). The summed E-state index contributed by atoms with van der Waals surface area (Å²) >= 11 is 0. The third-order valence-electron chi connectivity index (χ3n) is 3.91. The van der Waals surface area contributed by atoms with E-state index in [2.05, 4.69) is 25.7 Å². The van der Waals surface area contributed by atoms with Crippen LogP contribution < -0.4 is 0 Å². The first-order valence-corrected chi connectivity index (χ1v) is 9.56. The lowest BCUT2D eigenvalue weighted by Crippen LogP contribution is -2.20. The van der Waals surface area contributed by atoms with Crippen LogP contribution in [0.2, 0.25) is 0 Å². The Labute approximate surface area is 157 Å². The van der Waals surface area contributed by atoms with Gasteiger partial charge in [0, 0.05) is 12.8 Å². The van der Waals surface area contributed by atoms with Crippen molar-refractivity contribution < 1.29 is 19.1 Å². The molecule has 0 saturated carbocycles. The smallest absolute Gasteiger partial charge is 0.339 e. The summed E-state index contributed by atoms with van der Waals surface area (Å²) in [4.78, 5) is 24.8. The number of carbonyl (C=O) groups excluding carboxylic acids is 2. The molecule has 0 amide bonds. The van der Waals surface area contributed by atoms with Gasteiger partial charge in [-0.25, -0.2) is 9.59 Å². The zero-order chi connectivity index (χ0) is 19.2. The van der Waals surface area contributed by atoms with Crippen LogP contribution in [0.15, 0.2) is 24.3 Å². The molecule has 0 aromatic heterocycles. The average molecular weight is 358 g/mol. The quantitative estimate of drug-likeness (QED) is 0.329. The van der Waals surface area contributed by atoms with E-state index in [1.165, 1.54) is 0 Å². The van der Waals surface area contributed by atoms with Crippen LogP contribution in [-0.2, 0) is 9.47 Å². The number of esters is 2. The van der Waals surface area contributed by atoms with E-state index >= 15 is 0 Å². The first-order valence-electron chi connectivity index (χ1n) is 9.56. The van der Waals surface area contributed by atoms with E-state index < -0.39 is 11.9 Å². The van der Waals surface area contributed by atoms with E-state index in [1.807, 2.05) is 6.92 Å². The minimum Gasteiger partial charge on any atom is -0.462 e. The Bertz CT molecular complexity index is 625. The molecule has 142 valence electrons. The molecule has 0 spiro atoms. The summed E-state index contributed by atoms with van der Waals surface area (Å²) in [5.74, 6) is 5.13. The van der Waals surface area contributed by atoms with Gasteiger partial charge in [-0.15, -0.1) is 5.92 Å². The molecule has 0 heterocycles. The van der Waals surface area contributed by atoms with Gasteiger partial charge in [0.2, 0.25) is 0 Å². The molecular formula is C22H30O4. The van der Waals surface area contributed by atoms with Gasteiger partial charge in [0.1, 0.15) is 6.10 Å². The Morgan fingerprint density at radius 2 is 1.65 bits per heavy atom. The molecule has 0 radical (unpaired) electrons. The SMILES string of the molecule is CCCC#CCC(CC)OC(=O)c1ccccc1C(=O)OCCCCC. The normalized spacial score (nSPS) is 11.2. The molecule has 0 N–H and O–H groups in total. The largest absolute Gasteiger partial charge is 0.462 e. The summed E-state index contributed by atoms with van der Waals surface area (Å²) < 4.78 is 10.8. The fourth-order valence-electron chi connectivity index (χ4n) is 2.32. The van der Waals surface area contributed by atoms with Crippen molar-refractivity contribution in [1.29, 1.82) is 0 Å². The highest BCUT2D eigenvalue weighted by atomic mass is 16.5. The first kappa shape index (κ1) is 21.8. The highest BCUT2D eigenvalue weighted by Gasteiger charge is 2.21. The number of rotatable bonds is 10. The lowest BCUT2D eigenvalue weighted by atomic mass is 10.1. The number of hydrogen-bond donors (Lipinski definition) is 0. The molecule has 4 nitrogen and oxygen atoms in total. The number of unbranched alkanes of at least 4 members (excludes halogenated alkanes) is 3. The maximum Gasteiger partial charge on any atom is 0.339 e. The van der Waals surface area contributed by atoms with Crippen LogP contribution in [0.1, 0.15) is 86.4 Å². The summed E-state index contributed by atoms with van der Waals surface area (Å²) in [5, 5.41) is 0. The van der Waals surface area contributed by atoms with Crippen LogP contribution >= 0.6 is 0 Å². The van der Waals surface area contributed by atoms with E-state index in [0.717, 1.165) is 32.1 Å². The molecule has 0 aliphatic heterocycles. The summed E-state index contributed by atoms with van der Waals surface area (Å²) in [6.45, 7) is 6.47. The van der Waals surface area contributed by atoms with Gasteiger partial charge in [-0.2, -0.15) is 0 Å². The maximum absolute atomic E-state index is 12.5. The van der Waals surface area contributed by atoms with Gasteiger partial charge in [0.25, 0.3) is 0 Å². The van der Waals surface area contributed by atoms with Crippen molar-refractivity contribution in [3.8, 4) is 11.8 Å². The van der Waals surface area contributed by atoms with Gasteiger partial charge in [0.05, 0.1) is 17.7 Å². The lowest BCUT2D eigenvalue weighted by molar-refractivity contribution is 0.0293. The first-order chi connectivity index (χ1) is 12.6. The van der Waals surface area contributed by atoms with Crippen LogP contribution in [0.3, 0.4) is 0 Å². The van der Waals surface area contributed by atoms with Gasteiger partial charge < -0.3 is 9.47 Å². The number of carbonyl (C=O) groups is 2. The molecule has 1 aromatic carbocycles. The van der Waals surface area contributed by atoms with Gasteiger partial charge in [-0.05, 0) is 31.4 Å². The van der Waals surface area contributed by atoms with Gasteiger partial charge in [-0.3, -0.25) is 0 Å². The van der Waals surface area contributed by atoms with E-state index in [0.29, 0.717) is 19.4 Å². The predicted octanol–water partition coefficient (Wildman–Crippen LogP) is 5.16. The van der Waals surface area contributed by atoms with E-state index in [1.54, 1.807) is 24.3 Å². The second-order valence-electron chi connectivity index (χ2n) is 6.13. The Hall–Kier alpha value is -2.28. The van der Waals surface area contributed by atoms with Gasteiger partial charge in [-0.1, -0.05) is 51.7 Å². The van der Waals surface area contributed by atoms with Crippen LogP contribution in [0.25, 0.3) is 0 Å². The van der Waals surface area contributed by atoms with Crippen molar-refractivity contribution >= 4 is 11.9 Å². The predicted molar refractivity (Wildman–Crippen MR) is 103 cm³/mol. The summed E-state index contributed by atoms with van der Waals surface area (Å²) in [6, 6.07) is 6.63. The lowest BCUT2D eigenvalue weighted by Gasteiger charge is -2.15. The monoisotopic (exact) mass is 358 g/mol. The summed E-state index contributed by atoms with van der Waals surface area (Å²) in [7, 11) is 0. The highest BCUT2D eigenvalue weighted by molar-refractivity contribution is 6.03. The Morgan fingerprint density at radius 1 is 0.962 bits per heavy atom. The minimum absolute atomic E-state index is 0.243. The van der Waals surface area contributed by atoms with Crippen molar-refractivity contribution in [2.75, 3.05) is 6.61 Å². The fraction of sp³-hybridized carbons (Fsp3) is 0.545. The van der Waals surface area contributed by atoms with Crippen molar-refractivity contribution in [2.24, 2.45) is 0 Å². The van der Waals surface area contributed by atoms with Crippen LogP contribution in [0.4, 0.5) is 0 Å². The molecule has 4 heteroatoms. The van der Waals surface area contributed by atoms with Crippen LogP contribution in [-0.4, -0.2) is 24.6 Å². The summed E-state index contributed by atoms with van der Waals surface area (Å²) in [6.07, 6.45) is 5.65. The Morgan fingerprint density at radius 3 is 2.27 bits per heavy atom. The highest BCUT2D eigenvalue weighted by Crippen LogP contribution is 2.15. The van der Waals surface area contributed by atoms with Crippen molar-refractivity contribution in [1.82, 2.24) is 0 Å². The molecule has 0 aliphatic carbocycles. The topological polar surface area (TPSA) is 52.6 Å². The zero-order valence-electron chi connectivity index (χ0n) is 16.2. The third kappa shape index (κ3) is 7.74. The van der Waals surface area contributed by atoms with Crippen LogP contribution in [0, 0.1) is 11.8 Å². The van der Waals surface area contributed by atoms with E-state index in [4.69, 9.17) is 9.47 Å². The molecule has 26 heavy (non-hydrogen) atoms. The molecule has 0 saturated heterocycles. The van der Waals surface area contributed by atoms with Crippen LogP contribution in [0.5, 0.6) is 0 Å². The summed E-state index contributed by atoms with van der Waals surface area (Å²) in [5.41, 5.74) is 0.494. The fourth-order valence-corrected chi connectivity index (χ4v) is 2.32. The maximum atomic E-state index is 12.5. The molecule has 0 bridgehead atoms. The van der Waals surface area contributed by atoms with E-state index in [9.17, 15) is 9.59 Å². The number of benzene rings is 1. The average Bonchev–Trinajstić information content (AvgIpc) is 2.67. The van der Waals surface area contributed by atoms with Crippen molar-refractivity contribution in [3.63, 3.8) is 0 Å². The van der Waals surface area contributed by atoms with Crippen molar-refractivity contribution in [2.45, 2.75) is 71.8 Å². The van der Waals surface area contributed by atoms with Crippen molar-refractivity contribution in [3.05, 3.63) is 35.4 Å². The van der Waals surface area contributed by atoms with E-state index in [-0.39, 0.29) is 17.2 Å². The molecule has 0 aliphatic rings. The zero-order valence-corrected chi connectivity index (χ0v) is 16.2. The molecule has 1 unspecified atom stereocenters. The Kier molecular flexibility index (Phi) is 10.9. The van der Waals surface area contributed by atoms with Gasteiger partial charge >= 0.3 is 11.9 Å². The molecular weight excluding hydrogens is 328 g/mol. The second-order valence-corrected chi connectivity index (χ2v) is 6.13. The third-order valence-corrected chi connectivity index (χ3v) is 3.91. The Balaban J connectivity index is 2.73. The molecule has 1 atom stereocenters. The number of hydrogen-bond acceptors (Lipinski definition) is 4. The molecule has 1 aromatic rings.